The Morgan fingerprint density at radius 2 is 1.96 bits per heavy atom. The van der Waals surface area contributed by atoms with E-state index in [2.05, 4.69) is 0 Å². The molecule has 0 N–H and O–H groups in total. The summed E-state index contributed by atoms with van der Waals surface area (Å²) < 4.78 is 32.7. The predicted molar refractivity (Wildman–Crippen MR) is 87.4 cm³/mol. The Kier molecular flexibility index (Phi) is 4.99. The summed E-state index contributed by atoms with van der Waals surface area (Å²) in [5.41, 5.74) is 0. The van der Waals surface area contributed by atoms with E-state index < -0.39 is 10.0 Å². The Morgan fingerprint density at radius 3 is 2.61 bits per heavy atom. The lowest BCUT2D eigenvalue weighted by molar-refractivity contribution is -0.140. The number of sulfonamides is 1. The van der Waals surface area contributed by atoms with Gasteiger partial charge in [0.1, 0.15) is 6.10 Å². The zero-order valence-electron chi connectivity index (χ0n) is 14.1. The van der Waals surface area contributed by atoms with Gasteiger partial charge < -0.3 is 9.64 Å². The summed E-state index contributed by atoms with van der Waals surface area (Å²) in [4.78, 5) is 14.3. The van der Waals surface area contributed by atoms with Crippen molar-refractivity contribution in [2.75, 3.05) is 32.8 Å². The van der Waals surface area contributed by atoms with Gasteiger partial charge in [0.25, 0.3) is 5.91 Å². The van der Waals surface area contributed by atoms with Gasteiger partial charge in [0.15, 0.2) is 0 Å². The summed E-state index contributed by atoms with van der Waals surface area (Å²) >= 11 is 0. The lowest BCUT2D eigenvalue weighted by atomic mass is 10.0. The predicted octanol–water partition coefficient (Wildman–Crippen LogP) is 1.07. The molecular weight excluding hydrogens is 316 g/mol. The Labute approximate surface area is 139 Å². The van der Waals surface area contributed by atoms with E-state index in [9.17, 15) is 13.2 Å². The minimum absolute atomic E-state index is 0.0545. The fraction of sp³-hybridized carbons (Fsp3) is 0.938. The van der Waals surface area contributed by atoms with Gasteiger partial charge in [-0.3, -0.25) is 4.79 Å². The van der Waals surface area contributed by atoms with Crippen molar-refractivity contribution < 1.29 is 17.9 Å². The first-order valence-corrected chi connectivity index (χ1v) is 10.3. The van der Waals surface area contributed by atoms with E-state index in [-0.39, 0.29) is 23.2 Å². The normalized spacial score (nSPS) is 34.6. The molecule has 23 heavy (non-hydrogen) atoms. The van der Waals surface area contributed by atoms with E-state index >= 15 is 0 Å². The summed E-state index contributed by atoms with van der Waals surface area (Å²) in [5, 5.41) is -0.316. The summed E-state index contributed by atoms with van der Waals surface area (Å²) in [6, 6.07) is 0. The van der Waals surface area contributed by atoms with E-state index in [0.29, 0.717) is 45.1 Å². The van der Waals surface area contributed by atoms with Crippen LogP contribution in [0.2, 0.25) is 0 Å². The zero-order valence-corrected chi connectivity index (χ0v) is 14.9. The molecule has 3 aliphatic heterocycles. The van der Waals surface area contributed by atoms with Crippen molar-refractivity contribution in [1.82, 2.24) is 9.21 Å². The van der Waals surface area contributed by atoms with E-state index in [1.165, 1.54) is 0 Å². The Bertz CT molecular complexity index is 542. The van der Waals surface area contributed by atoms with Gasteiger partial charge in [0.05, 0.1) is 5.25 Å². The third-order valence-corrected chi connectivity index (χ3v) is 7.65. The summed E-state index contributed by atoms with van der Waals surface area (Å²) in [6.07, 6.45) is 2.76. The summed E-state index contributed by atoms with van der Waals surface area (Å²) in [7, 11) is -3.21. The maximum Gasteiger partial charge on any atom is 0.251 e. The molecule has 7 heteroatoms. The average Bonchev–Trinajstić information content (AvgIpc) is 3.01. The Hall–Kier alpha value is -0.660. The quantitative estimate of drug-likeness (QED) is 0.768. The lowest BCUT2D eigenvalue weighted by Gasteiger charge is -2.24. The molecule has 0 bridgehead atoms. The largest absolute Gasteiger partial charge is 0.368 e. The fourth-order valence-corrected chi connectivity index (χ4v) is 6.48. The molecule has 0 saturated carbocycles. The van der Waals surface area contributed by atoms with Crippen LogP contribution in [-0.4, -0.2) is 67.7 Å². The number of hydrogen-bond acceptors (Lipinski definition) is 4. The van der Waals surface area contributed by atoms with Crippen molar-refractivity contribution in [1.29, 1.82) is 0 Å². The first kappa shape index (κ1) is 17.2. The highest BCUT2D eigenvalue weighted by atomic mass is 32.2. The van der Waals surface area contributed by atoms with Gasteiger partial charge in [-0.15, -0.1) is 0 Å². The first-order chi connectivity index (χ1) is 10.9. The molecule has 132 valence electrons. The molecule has 3 fully saturated rings. The van der Waals surface area contributed by atoms with E-state index in [0.717, 1.165) is 19.3 Å². The number of likely N-dealkylation sites (tertiary alicyclic amines) is 1. The number of amides is 1. The Balaban J connectivity index is 1.66. The maximum absolute atomic E-state index is 12.7. The summed E-state index contributed by atoms with van der Waals surface area (Å²) in [6.45, 7) is 7.17. The van der Waals surface area contributed by atoms with Crippen LogP contribution in [0, 0.1) is 11.8 Å². The molecule has 0 aromatic rings. The van der Waals surface area contributed by atoms with Gasteiger partial charge in [-0.1, -0.05) is 13.8 Å². The molecule has 1 unspecified atom stereocenters. The van der Waals surface area contributed by atoms with Crippen LogP contribution in [-0.2, 0) is 19.6 Å². The lowest BCUT2D eigenvalue weighted by Crippen LogP contribution is -2.40. The van der Waals surface area contributed by atoms with Crippen LogP contribution in [0.5, 0.6) is 0 Å². The second-order valence-electron chi connectivity index (χ2n) is 7.46. The molecule has 3 heterocycles. The van der Waals surface area contributed by atoms with Crippen LogP contribution < -0.4 is 0 Å². The van der Waals surface area contributed by atoms with Crippen molar-refractivity contribution >= 4 is 15.9 Å². The molecule has 0 aromatic carbocycles. The van der Waals surface area contributed by atoms with Gasteiger partial charge in [-0.2, -0.15) is 0 Å². The third kappa shape index (κ3) is 3.42. The molecule has 3 rings (SSSR count). The van der Waals surface area contributed by atoms with Crippen molar-refractivity contribution in [3.63, 3.8) is 0 Å². The standard InChI is InChI=1S/C16H28N2O4S/c1-12(2)10-18-11-13-5-7-17(8-6-15(13)23(18,20)21)16(19)14-4-3-9-22-14/h12-15H,3-11H2,1-2H3/t13-,14?,15-/m1/s1. The van der Waals surface area contributed by atoms with Gasteiger partial charge in [-0.25, -0.2) is 12.7 Å². The molecular formula is C16H28N2O4S. The zero-order chi connectivity index (χ0) is 16.6. The number of carbonyl (C=O) groups excluding carboxylic acids is 1. The van der Waals surface area contributed by atoms with Gasteiger partial charge >= 0.3 is 0 Å². The number of carbonyl (C=O) groups is 1. The van der Waals surface area contributed by atoms with E-state index in [1.54, 1.807) is 4.31 Å². The highest BCUT2D eigenvalue weighted by molar-refractivity contribution is 7.90. The topological polar surface area (TPSA) is 66.9 Å². The average molecular weight is 344 g/mol. The minimum Gasteiger partial charge on any atom is -0.368 e. The number of nitrogens with zero attached hydrogens (tertiary/aromatic N) is 2. The molecule has 0 radical (unpaired) electrons. The van der Waals surface area contributed by atoms with Gasteiger partial charge in [-0.05, 0) is 37.5 Å². The highest BCUT2D eigenvalue weighted by Gasteiger charge is 2.47. The number of ether oxygens (including phenoxy) is 1. The van der Waals surface area contributed by atoms with Crippen molar-refractivity contribution in [3.8, 4) is 0 Å². The molecule has 0 aromatic heterocycles. The number of rotatable bonds is 3. The summed E-state index contributed by atoms with van der Waals surface area (Å²) in [5.74, 6) is 0.546. The van der Waals surface area contributed by atoms with Gasteiger partial charge in [0, 0.05) is 32.8 Å². The molecule has 3 aliphatic rings. The number of fused-ring (bicyclic) bond motifs is 1. The van der Waals surface area contributed by atoms with Crippen molar-refractivity contribution in [2.24, 2.45) is 11.8 Å². The SMILES string of the molecule is CC(C)CN1C[C@H]2CCN(C(=O)C3CCCO3)CC[C@H]2S1(=O)=O. The third-order valence-electron chi connectivity index (χ3n) is 5.25. The van der Waals surface area contributed by atoms with Crippen LogP contribution in [0.4, 0.5) is 0 Å². The Morgan fingerprint density at radius 1 is 1.22 bits per heavy atom. The second kappa shape index (κ2) is 6.69. The van der Waals surface area contributed by atoms with Crippen molar-refractivity contribution in [3.05, 3.63) is 0 Å². The fourth-order valence-electron chi connectivity index (χ4n) is 4.08. The maximum atomic E-state index is 12.7. The van der Waals surface area contributed by atoms with Crippen molar-refractivity contribution in [2.45, 2.75) is 50.9 Å². The molecule has 0 spiro atoms. The highest BCUT2D eigenvalue weighted by Crippen LogP contribution is 2.35. The molecule has 3 saturated heterocycles. The van der Waals surface area contributed by atoms with E-state index in [1.807, 2.05) is 18.7 Å². The molecule has 3 atom stereocenters. The van der Waals surface area contributed by atoms with Crippen LogP contribution in [0.15, 0.2) is 0 Å². The number of hydrogen-bond donors (Lipinski definition) is 0. The molecule has 0 aliphatic carbocycles. The minimum atomic E-state index is -3.21. The second-order valence-corrected chi connectivity index (χ2v) is 9.61. The molecule has 6 nitrogen and oxygen atoms in total. The molecule has 1 amide bonds. The van der Waals surface area contributed by atoms with Gasteiger partial charge in [0.2, 0.25) is 10.0 Å². The van der Waals surface area contributed by atoms with Crippen LogP contribution >= 0.6 is 0 Å². The monoisotopic (exact) mass is 344 g/mol. The van der Waals surface area contributed by atoms with Crippen LogP contribution in [0.1, 0.15) is 39.5 Å². The van der Waals surface area contributed by atoms with Crippen LogP contribution in [0.3, 0.4) is 0 Å². The smallest absolute Gasteiger partial charge is 0.251 e. The first-order valence-electron chi connectivity index (χ1n) is 8.79. The van der Waals surface area contributed by atoms with Crippen LogP contribution in [0.25, 0.3) is 0 Å². The van der Waals surface area contributed by atoms with E-state index in [4.69, 9.17) is 4.74 Å².